The van der Waals surface area contributed by atoms with E-state index in [2.05, 4.69) is 10.4 Å². The zero-order chi connectivity index (χ0) is 14.4. The molecule has 0 saturated heterocycles. The zero-order valence-corrected chi connectivity index (χ0v) is 11.7. The average Bonchev–Trinajstić information content (AvgIpc) is 2.37. The first kappa shape index (κ1) is 15.5. The molecule has 1 rings (SSSR count). The third kappa shape index (κ3) is 4.55. The van der Waals surface area contributed by atoms with Crippen LogP contribution in [0.4, 0.5) is 0 Å². The second kappa shape index (κ2) is 7.13. The van der Waals surface area contributed by atoms with E-state index in [-0.39, 0.29) is 24.5 Å². The zero-order valence-electron chi connectivity index (χ0n) is 10.9. The molecular formula is C11H17N3O4S. The van der Waals surface area contributed by atoms with E-state index >= 15 is 0 Å². The molecule has 8 heteroatoms. The maximum absolute atomic E-state index is 11.9. The van der Waals surface area contributed by atoms with Gasteiger partial charge in [-0.25, -0.2) is 9.80 Å². The first-order chi connectivity index (χ1) is 8.95. The molecule has 0 aromatic rings. The van der Waals surface area contributed by atoms with Gasteiger partial charge in [-0.3, -0.25) is 9.59 Å². The number of carboxylic acid groups (broad SMARTS) is 1. The summed E-state index contributed by atoms with van der Waals surface area (Å²) in [5, 5.41) is 16.4. The normalized spacial score (nSPS) is 16.8. The van der Waals surface area contributed by atoms with Gasteiger partial charge in [-0.2, -0.15) is 16.9 Å². The van der Waals surface area contributed by atoms with E-state index in [0.29, 0.717) is 12.2 Å². The maximum Gasteiger partial charge on any atom is 0.326 e. The van der Waals surface area contributed by atoms with E-state index < -0.39 is 17.9 Å². The van der Waals surface area contributed by atoms with Gasteiger partial charge in [0, 0.05) is 19.9 Å². The predicted molar refractivity (Wildman–Crippen MR) is 72.0 cm³/mol. The van der Waals surface area contributed by atoms with Crippen LogP contribution >= 0.6 is 11.8 Å². The van der Waals surface area contributed by atoms with Crippen molar-refractivity contribution in [1.82, 2.24) is 10.3 Å². The molecule has 0 aliphatic carbocycles. The van der Waals surface area contributed by atoms with Crippen LogP contribution in [0.25, 0.3) is 0 Å². The fourth-order valence-electron chi connectivity index (χ4n) is 1.57. The van der Waals surface area contributed by atoms with E-state index in [1.807, 2.05) is 6.26 Å². The Morgan fingerprint density at radius 1 is 1.53 bits per heavy atom. The number of carboxylic acids is 1. The van der Waals surface area contributed by atoms with E-state index in [1.165, 1.54) is 18.8 Å². The van der Waals surface area contributed by atoms with Gasteiger partial charge in [-0.1, -0.05) is 0 Å². The first-order valence-electron chi connectivity index (χ1n) is 5.82. The maximum atomic E-state index is 11.9. The van der Waals surface area contributed by atoms with Crippen LogP contribution in [0.2, 0.25) is 0 Å². The van der Waals surface area contributed by atoms with Crippen LogP contribution in [0.1, 0.15) is 19.3 Å². The summed E-state index contributed by atoms with van der Waals surface area (Å²) in [5.41, 5.74) is 0.192. The van der Waals surface area contributed by atoms with Gasteiger partial charge in [0.15, 0.2) is 0 Å². The summed E-state index contributed by atoms with van der Waals surface area (Å²) in [6.45, 7) is 0. The lowest BCUT2D eigenvalue weighted by Crippen LogP contribution is -2.46. The lowest BCUT2D eigenvalue weighted by Gasteiger charge is -2.20. The number of carbonyl (C=O) groups excluding carboxylic acids is 2. The Balaban J connectivity index is 2.64. The van der Waals surface area contributed by atoms with Gasteiger partial charge in [-0.05, 0) is 18.4 Å². The third-order valence-electron chi connectivity index (χ3n) is 2.68. The molecule has 1 atom stereocenters. The Hall–Kier alpha value is -1.57. The van der Waals surface area contributed by atoms with Crippen LogP contribution in [-0.2, 0) is 14.4 Å². The quantitative estimate of drug-likeness (QED) is 0.711. The number of nitrogens with zero attached hydrogens (tertiary/aromatic N) is 2. The fourth-order valence-corrected chi connectivity index (χ4v) is 2.04. The number of amides is 2. The molecule has 0 fully saturated rings. The molecule has 0 unspecified atom stereocenters. The van der Waals surface area contributed by atoms with Crippen molar-refractivity contribution >= 4 is 35.3 Å². The summed E-state index contributed by atoms with van der Waals surface area (Å²) in [6.07, 6.45) is 2.67. The van der Waals surface area contributed by atoms with Crippen LogP contribution in [0, 0.1) is 0 Å². The van der Waals surface area contributed by atoms with Crippen molar-refractivity contribution < 1.29 is 19.5 Å². The minimum Gasteiger partial charge on any atom is -0.480 e. The Bertz CT molecular complexity index is 411. The van der Waals surface area contributed by atoms with E-state index in [9.17, 15) is 14.4 Å². The predicted octanol–water partition coefficient (Wildman–Crippen LogP) is -0.0829. The monoisotopic (exact) mass is 287 g/mol. The first-order valence-corrected chi connectivity index (χ1v) is 7.21. The van der Waals surface area contributed by atoms with E-state index in [4.69, 9.17) is 5.11 Å². The Kier molecular flexibility index (Phi) is 5.81. The van der Waals surface area contributed by atoms with Gasteiger partial charge in [-0.15, -0.1) is 0 Å². The number of thioether (sulfide) groups is 1. The van der Waals surface area contributed by atoms with Gasteiger partial charge >= 0.3 is 5.97 Å². The second-order valence-electron chi connectivity index (χ2n) is 4.11. The average molecular weight is 287 g/mol. The highest BCUT2D eigenvalue weighted by Crippen LogP contribution is 2.08. The van der Waals surface area contributed by atoms with Crippen molar-refractivity contribution in [3.05, 3.63) is 0 Å². The molecule has 1 aliphatic heterocycles. The number of nitrogens with one attached hydrogen (secondary N) is 1. The van der Waals surface area contributed by atoms with Crippen molar-refractivity contribution in [2.24, 2.45) is 5.10 Å². The molecule has 19 heavy (non-hydrogen) atoms. The Labute approximate surface area is 115 Å². The molecule has 0 aromatic heterocycles. The molecule has 1 aliphatic rings. The van der Waals surface area contributed by atoms with Crippen molar-refractivity contribution in [3.63, 3.8) is 0 Å². The van der Waals surface area contributed by atoms with Crippen molar-refractivity contribution in [2.75, 3.05) is 19.1 Å². The SMILES string of the molecule is CSCC[C@@H](NC(=O)C1=NN(C)C(=O)CC1)C(=O)O. The number of aliphatic carboxylic acids is 1. The lowest BCUT2D eigenvalue weighted by atomic mass is 10.1. The van der Waals surface area contributed by atoms with Crippen LogP contribution < -0.4 is 5.32 Å². The Morgan fingerprint density at radius 2 is 2.21 bits per heavy atom. The molecular weight excluding hydrogens is 270 g/mol. The summed E-state index contributed by atoms with van der Waals surface area (Å²) in [4.78, 5) is 34.1. The molecule has 0 saturated carbocycles. The highest BCUT2D eigenvalue weighted by atomic mass is 32.2. The van der Waals surface area contributed by atoms with Crippen molar-refractivity contribution in [3.8, 4) is 0 Å². The van der Waals surface area contributed by atoms with Gasteiger partial charge < -0.3 is 10.4 Å². The standard InChI is InChI=1S/C11H17N3O4S/c1-14-9(15)4-3-7(13-14)10(16)12-8(11(17)18)5-6-19-2/h8H,3-6H2,1-2H3,(H,12,16)(H,17,18)/t8-/m1/s1. The van der Waals surface area contributed by atoms with Crippen LogP contribution in [0.3, 0.4) is 0 Å². The summed E-state index contributed by atoms with van der Waals surface area (Å²) >= 11 is 1.51. The minimum atomic E-state index is -1.07. The molecule has 0 radical (unpaired) electrons. The highest BCUT2D eigenvalue weighted by molar-refractivity contribution is 7.98. The largest absolute Gasteiger partial charge is 0.480 e. The molecule has 0 spiro atoms. The Morgan fingerprint density at radius 3 is 2.74 bits per heavy atom. The number of hydrogen-bond donors (Lipinski definition) is 2. The van der Waals surface area contributed by atoms with Crippen LogP contribution in [0.5, 0.6) is 0 Å². The topological polar surface area (TPSA) is 99.1 Å². The van der Waals surface area contributed by atoms with Crippen molar-refractivity contribution in [2.45, 2.75) is 25.3 Å². The summed E-state index contributed by atoms with van der Waals surface area (Å²) < 4.78 is 0. The van der Waals surface area contributed by atoms with E-state index in [1.54, 1.807) is 0 Å². The summed E-state index contributed by atoms with van der Waals surface area (Å²) in [7, 11) is 1.47. The molecule has 1 heterocycles. The van der Waals surface area contributed by atoms with Crippen LogP contribution in [-0.4, -0.2) is 58.7 Å². The van der Waals surface area contributed by atoms with Crippen molar-refractivity contribution in [1.29, 1.82) is 0 Å². The molecule has 0 aromatic carbocycles. The molecule has 0 bridgehead atoms. The number of hydrazone groups is 1. The van der Waals surface area contributed by atoms with Gasteiger partial charge in [0.05, 0.1) is 0 Å². The fraction of sp³-hybridized carbons (Fsp3) is 0.636. The van der Waals surface area contributed by atoms with Gasteiger partial charge in [0.1, 0.15) is 11.8 Å². The van der Waals surface area contributed by atoms with E-state index in [0.717, 1.165) is 5.01 Å². The third-order valence-corrected chi connectivity index (χ3v) is 3.33. The van der Waals surface area contributed by atoms with Crippen LogP contribution in [0.15, 0.2) is 5.10 Å². The smallest absolute Gasteiger partial charge is 0.326 e. The highest BCUT2D eigenvalue weighted by Gasteiger charge is 2.26. The minimum absolute atomic E-state index is 0.159. The number of hydrogen-bond acceptors (Lipinski definition) is 5. The second-order valence-corrected chi connectivity index (χ2v) is 5.10. The number of rotatable bonds is 6. The molecule has 7 nitrogen and oxygen atoms in total. The summed E-state index contributed by atoms with van der Waals surface area (Å²) in [6, 6.07) is -0.925. The molecule has 2 N–H and O–H groups in total. The van der Waals surface area contributed by atoms with Gasteiger partial charge in [0.2, 0.25) is 5.91 Å². The number of carbonyl (C=O) groups is 3. The summed E-state index contributed by atoms with van der Waals surface area (Å²) in [5.74, 6) is -1.10. The molecule has 106 valence electrons. The lowest BCUT2D eigenvalue weighted by molar-refractivity contribution is -0.141. The molecule has 2 amide bonds. The van der Waals surface area contributed by atoms with Gasteiger partial charge in [0.25, 0.3) is 5.91 Å².